The van der Waals surface area contributed by atoms with Gasteiger partial charge < -0.3 is 16.0 Å². The fourth-order valence-corrected chi connectivity index (χ4v) is 4.51. The largest absolute Gasteiger partial charge is 0.381 e. The number of aromatic nitrogens is 4. The third kappa shape index (κ3) is 5.61. The van der Waals surface area contributed by atoms with Gasteiger partial charge >= 0.3 is 0 Å². The van der Waals surface area contributed by atoms with Crippen molar-refractivity contribution in [1.29, 1.82) is 0 Å². The number of hydrogen-bond donors (Lipinski definition) is 3. The van der Waals surface area contributed by atoms with Crippen molar-refractivity contribution in [2.24, 2.45) is 4.99 Å². The van der Waals surface area contributed by atoms with E-state index in [4.69, 9.17) is 5.10 Å². The van der Waals surface area contributed by atoms with Gasteiger partial charge in [0.2, 0.25) is 0 Å². The Kier molecular flexibility index (Phi) is 6.64. The minimum Gasteiger partial charge on any atom is -0.381 e. The van der Waals surface area contributed by atoms with Gasteiger partial charge in [-0.2, -0.15) is 10.2 Å². The predicted molar refractivity (Wildman–Crippen MR) is 150 cm³/mol. The van der Waals surface area contributed by atoms with E-state index in [-0.39, 0.29) is 5.54 Å². The summed E-state index contributed by atoms with van der Waals surface area (Å²) in [5.41, 5.74) is 7.66. The zero-order valence-corrected chi connectivity index (χ0v) is 22.5. The van der Waals surface area contributed by atoms with Crippen LogP contribution < -0.4 is 16.0 Å². The molecule has 2 aliphatic heterocycles. The van der Waals surface area contributed by atoms with E-state index in [0.717, 1.165) is 53.8 Å². The second-order valence-corrected chi connectivity index (χ2v) is 10.9. The molecule has 9 nitrogen and oxygen atoms in total. The lowest BCUT2D eigenvalue weighted by molar-refractivity contribution is 0.259. The molecule has 0 spiro atoms. The number of hydrogen-bond acceptors (Lipinski definition) is 7. The van der Waals surface area contributed by atoms with Gasteiger partial charge in [0.1, 0.15) is 12.5 Å². The van der Waals surface area contributed by atoms with E-state index in [1.165, 1.54) is 16.8 Å². The summed E-state index contributed by atoms with van der Waals surface area (Å²) in [6, 6.07) is 8.65. The van der Waals surface area contributed by atoms with Crippen molar-refractivity contribution < 1.29 is 0 Å². The standard InChI is InChI=1S/C28H37N9/c1-19-11-21(7-8-22(19)14-29-20(2)23-15-32-37(16-23)28(3,4)5)25-13-26(31-18-30-25)33-27-12-24-17-35(6)9-10-36(24)34-27/h7-8,11-13,15-16,29-30H,2,9-10,14,17-18H2,1,3-6H3,(H,31,33,34). The number of nitrogens with zero attached hydrogens (tertiary/aromatic N) is 6. The maximum atomic E-state index is 4.70. The first-order chi connectivity index (χ1) is 17.7. The number of nitrogens with one attached hydrogen (secondary N) is 3. The van der Waals surface area contributed by atoms with Crippen molar-refractivity contribution in [3.8, 4) is 0 Å². The first-order valence-electron chi connectivity index (χ1n) is 12.8. The number of fused-ring (bicyclic) bond motifs is 1. The molecule has 0 fully saturated rings. The molecule has 194 valence electrons. The van der Waals surface area contributed by atoms with E-state index in [2.05, 4.69) is 107 Å². The highest BCUT2D eigenvalue weighted by atomic mass is 15.4. The fourth-order valence-electron chi connectivity index (χ4n) is 4.51. The Morgan fingerprint density at radius 2 is 2.03 bits per heavy atom. The maximum absolute atomic E-state index is 4.70. The Morgan fingerprint density at radius 1 is 1.19 bits per heavy atom. The average molecular weight is 500 g/mol. The Balaban J connectivity index is 1.23. The van der Waals surface area contributed by atoms with Crippen LogP contribution in [0, 0.1) is 6.92 Å². The Bertz CT molecular complexity index is 1370. The van der Waals surface area contributed by atoms with Gasteiger partial charge in [0.25, 0.3) is 0 Å². The number of aryl methyl sites for hydroxylation is 1. The summed E-state index contributed by atoms with van der Waals surface area (Å²) in [4.78, 5) is 6.89. The third-order valence-electron chi connectivity index (χ3n) is 6.81. The molecule has 9 heteroatoms. The van der Waals surface area contributed by atoms with Crippen molar-refractivity contribution in [3.63, 3.8) is 0 Å². The molecule has 0 bridgehead atoms. The van der Waals surface area contributed by atoms with Gasteiger partial charge in [-0.1, -0.05) is 18.7 Å². The van der Waals surface area contributed by atoms with Crippen LogP contribution in [-0.2, 0) is 25.2 Å². The highest BCUT2D eigenvalue weighted by Crippen LogP contribution is 2.21. The molecule has 0 saturated carbocycles. The highest BCUT2D eigenvalue weighted by molar-refractivity contribution is 6.08. The minimum absolute atomic E-state index is 0.0536. The van der Waals surface area contributed by atoms with E-state index in [1.54, 1.807) is 0 Å². The second-order valence-electron chi connectivity index (χ2n) is 10.9. The lowest BCUT2D eigenvalue weighted by atomic mass is 10.0. The van der Waals surface area contributed by atoms with E-state index in [9.17, 15) is 0 Å². The zero-order valence-electron chi connectivity index (χ0n) is 22.5. The van der Waals surface area contributed by atoms with Crippen LogP contribution in [0.15, 0.2) is 54.3 Å². The van der Waals surface area contributed by atoms with Crippen molar-refractivity contribution >= 4 is 23.0 Å². The molecule has 37 heavy (non-hydrogen) atoms. The lowest BCUT2D eigenvalue weighted by Gasteiger charge is -2.22. The molecule has 0 radical (unpaired) electrons. The number of amidine groups is 1. The summed E-state index contributed by atoms with van der Waals surface area (Å²) in [5, 5.41) is 19.4. The second kappa shape index (κ2) is 9.89. The predicted octanol–water partition coefficient (Wildman–Crippen LogP) is 3.76. The third-order valence-corrected chi connectivity index (χ3v) is 6.81. The van der Waals surface area contributed by atoms with Gasteiger partial charge in [-0.3, -0.25) is 14.3 Å². The minimum atomic E-state index is -0.0536. The van der Waals surface area contributed by atoms with Crippen LogP contribution >= 0.6 is 0 Å². The zero-order chi connectivity index (χ0) is 26.2. The number of benzene rings is 1. The number of likely N-dealkylation sites (N-methyl/N-ethyl adjacent to an activating group) is 1. The van der Waals surface area contributed by atoms with E-state index < -0.39 is 0 Å². The summed E-state index contributed by atoms with van der Waals surface area (Å²) >= 11 is 0. The van der Waals surface area contributed by atoms with Gasteiger partial charge in [0.05, 0.1) is 24.0 Å². The van der Waals surface area contributed by atoms with Gasteiger partial charge in [0.15, 0.2) is 5.82 Å². The Hall–Kier alpha value is -3.85. The van der Waals surface area contributed by atoms with Gasteiger partial charge in [-0.05, 0) is 57.5 Å². The molecule has 1 aromatic carbocycles. The molecule has 0 unspecified atom stereocenters. The summed E-state index contributed by atoms with van der Waals surface area (Å²) in [6.07, 6.45) is 5.95. The lowest BCUT2D eigenvalue weighted by Crippen LogP contribution is -2.30. The maximum Gasteiger partial charge on any atom is 0.153 e. The molecule has 0 atom stereocenters. The van der Waals surface area contributed by atoms with Gasteiger partial charge in [0, 0.05) is 54.9 Å². The van der Waals surface area contributed by atoms with Crippen LogP contribution in [0.25, 0.3) is 11.4 Å². The molecule has 5 rings (SSSR count). The first-order valence-corrected chi connectivity index (χ1v) is 12.8. The summed E-state index contributed by atoms with van der Waals surface area (Å²) in [6.45, 7) is 16.8. The Labute approximate surface area is 219 Å². The van der Waals surface area contributed by atoms with Crippen LogP contribution in [0.5, 0.6) is 0 Å². The van der Waals surface area contributed by atoms with E-state index in [0.29, 0.717) is 13.2 Å². The van der Waals surface area contributed by atoms with Crippen molar-refractivity contribution in [1.82, 2.24) is 35.1 Å². The highest BCUT2D eigenvalue weighted by Gasteiger charge is 2.18. The number of rotatable bonds is 6. The summed E-state index contributed by atoms with van der Waals surface area (Å²) in [7, 11) is 2.14. The van der Waals surface area contributed by atoms with Crippen LogP contribution in [0.4, 0.5) is 5.82 Å². The van der Waals surface area contributed by atoms with Crippen molar-refractivity contribution in [2.75, 3.05) is 25.6 Å². The molecule has 0 aliphatic carbocycles. The molecule has 2 aliphatic rings. The summed E-state index contributed by atoms with van der Waals surface area (Å²) in [5.74, 6) is 1.65. The number of anilines is 1. The fraction of sp³-hybridized carbons (Fsp3) is 0.393. The SMILES string of the molecule is C=C(NCc1ccc(C2=CC(Nc3cc4n(n3)CCN(C)C4)=NCN2)cc1C)c1cnn(C(C)(C)C)c1. The van der Waals surface area contributed by atoms with Crippen LogP contribution in [-0.4, -0.2) is 50.6 Å². The van der Waals surface area contributed by atoms with Crippen LogP contribution in [0.2, 0.25) is 0 Å². The quantitative estimate of drug-likeness (QED) is 0.479. The van der Waals surface area contributed by atoms with Crippen LogP contribution in [0.3, 0.4) is 0 Å². The molecule has 2 aromatic heterocycles. The Morgan fingerprint density at radius 3 is 2.78 bits per heavy atom. The average Bonchev–Trinajstić information content (AvgIpc) is 3.50. The molecular formula is C28H37N9. The molecule has 0 amide bonds. The monoisotopic (exact) mass is 499 g/mol. The van der Waals surface area contributed by atoms with Gasteiger partial charge in [-0.15, -0.1) is 0 Å². The molecular weight excluding hydrogens is 462 g/mol. The van der Waals surface area contributed by atoms with Crippen LogP contribution in [0.1, 0.15) is 48.7 Å². The van der Waals surface area contributed by atoms with E-state index >= 15 is 0 Å². The smallest absolute Gasteiger partial charge is 0.153 e. The topological polar surface area (TPSA) is 87.3 Å². The van der Waals surface area contributed by atoms with Crippen molar-refractivity contribution in [3.05, 3.63) is 77.3 Å². The first kappa shape index (κ1) is 24.8. The number of aliphatic imine (C=N–C) groups is 1. The molecule has 4 heterocycles. The normalized spacial score (nSPS) is 15.9. The molecule has 3 aromatic rings. The molecule has 0 saturated heterocycles. The van der Waals surface area contributed by atoms with Crippen molar-refractivity contribution in [2.45, 2.75) is 52.9 Å². The van der Waals surface area contributed by atoms with Gasteiger partial charge in [-0.25, -0.2) is 4.99 Å². The molecule has 3 N–H and O–H groups in total. The van der Waals surface area contributed by atoms with E-state index in [1.807, 2.05) is 17.1 Å². The summed E-state index contributed by atoms with van der Waals surface area (Å²) < 4.78 is 4.04.